The lowest BCUT2D eigenvalue weighted by atomic mass is 10.1. The molecule has 0 fully saturated rings. The van der Waals surface area contributed by atoms with E-state index in [-0.39, 0.29) is 52.5 Å². The van der Waals surface area contributed by atoms with Crippen molar-refractivity contribution >= 4 is 11.5 Å². The lowest BCUT2D eigenvalue weighted by Crippen LogP contribution is -1.98. The van der Waals surface area contributed by atoms with Crippen LogP contribution in [-0.2, 0) is 22.5 Å². The van der Waals surface area contributed by atoms with Gasteiger partial charge in [0.05, 0.1) is 12.8 Å². The Kier molecular flexibility index (Phi) is 18.5. The third kappa shape index (κ3) is 13.4. The normalized spacial score (nSPS) is 10.3. The quantitative estimate of drug-likeness (QED) is 0.0792. The fourth-order valence-electron chi connectivity index (χ4n) is 3.78. The van der Waals surface area contributed by atoms with Crippen LogP contribution in [0.4, 0.5) is 8.78 Å². The van der Waals surface area contributed by atoms with E-state index in [9.17, 15) is 23.8 Å². The maximum absolute atomic E-state index is 14.1. The molecule has 0 aliphatic carbocycles. The van der Waals surface area contributed by atoms with Crippen molar-refractivity contribution in [1.29, 1.82) is 0 Å². The number of benzene rings is 4. The van der Waals surface area contributed by atoms with Gasteiger partial charge in [-0.1, -0.05) is 31.1 Å². The molecule has 0 atom stereocenters. The number of hydrogen-bond donors (Lipinski definition) is 4. The molecule has 0 aliphatic heterocycles. The molecule has 0 spiro atoms. The number of carbonyl (C=O) groups is 1. The molecule has 4 aromatic carbocycles. The van der Waals surface area contributed by atoms with Crippen molar-refractivity contribution in [2.45, 2.75) is 47.5 Å². The van der Waals surface area contributed by atoms with Crippen molar-refractivity contribution in [3.63, 3.8) is 0 Å². The fourth-order valence-corrected chi connectivity index (χ4v) is 3.78. The number of oxime groups is 1. The van der Waals surface area contributed by atoms with Crippen molar-refractivity contribution in [1.82, 2.24) is 0 Å². The van der Waals surface area contributed by atoms with Gasteiger partial charge in [-0.05, 0) is 105 Å². The van der Waals surface area contributed by atoms with E-state index in [4.69, 9.17) is 14.6 Å². The maximum Gasteiger partial charge on any atom is 0.169 e. The van der Waals surface area contributed by atoms with Gasteiger partial charge < -0.3 is 34.5 Å². The number of aryl methyl sites for hydroxylation is 2. The van der Waals surface area contributed by atoms with Gasteiger partial charge in [-0.2, -0.15) is 0 Å². The number of aliphatic hydroxyl groups excluding tert-OH is 1. The van der Waals surface area contributed by atoms with Crippen molar-refractivity contribution in [2.24, 2.45) is 11.1 Å². The zero-order valence-corrected chi connectivity index (χ0v) is 28.2. The Morgan fingerprint density at radius 1 is 0.708 bits per heavy atom. The lowest BCUT2D eigenvalue weighted by Gasteiger charge is -2.10. The first-order valence-electron chi connectivity index (χ1n) is 14.9. The van der Waals surface area contributed by atoms with Gasteiger partial charge >= 0.3 is 0 Å². The molecule has 0 saturated heterocycles. The number of Topliss-reactive ketones (excluding diaryl/α,β-unsaturated/α-hetero) is 1. The number of aromatic hydroxyl groups is 2. The Labute approximate surface area is 279 Å². The highest BCUT2D eigenvalue weighted by Gasteiger charge is 2.12. The Bertz CT molecular complexity index is 1630. The second-order valence-electron chi connectivity index (χ2n) is 9.77. The van der Waals surface area contributed by atoms with Crippen molar-refractivity contribution < 1.29 is 48.0 Å². The highest BCUT2D eigenvalue weighted by atomic mass is 19.1. The number of phenolic OH excluding ortho intramolecular Hbond substituents is 2. The fraction of sp³-hybridized carbons (Fsp3) is 0.278. The molecule has 4 aromatic rings. The summed E-state index contributed by atoms with van der Waals surface area (Å²) < 4.78 is 38.7. The molecule has 5 N–H and O–H groups in total. The molecule has 260 valence electrons. The number of carbonyl (C=O) groups excluding carboxylic acids is 1. The molecule has 0 unspecified atom stereocenters. The molecule has 48 heavy (non-hydrogen) atoms. The van der Waals surface area contributed by atoms with Gasteiger partial charge in [0.15, 0.2) is 51.9 Å². The van der Waals surface area contributed by atoms with Crippen LogP contribution in [0.1, 0.15) is 61.7 Å². The van der Waals surface area contributed by atoms with Gasteiger partial charge in [0.25, 0.3) is 0 Å². The molecule has 0 saturated carbocycles. The molecule has 0 heterocycles. The smallest absolute Gasteiger partial charge is 0.169 e. The minimum Gasteiger partial charge on any atom is -0.504 e. The molecular formula is C36H44F2N2O8. The van der Waals surface area contributed by atoms with Crippen LogP contribution in [0.15, 0.2) is 78.0 Å². The summed E-state index contributed by atoms with van der Waals surface area (Å²) in [5, 5.41) is 31.0. The van der Waals surface area contributed by atoms with Crippen molar-refractivity contribution in [3.8, 4) is 34.5 Å². The largest absolute Gasteiger partial charge is 0.504 e. The number of phenols is 2. The Morgan fingerprint density at radius 2 is 1.08 bits per heavy atom. The van der Waals surface area contributed by atoms with E-state index in [0.29, 0.717) is 11.3 Å². The topological polar surface area (TPSA) is 153 Å². The van der Waals surface area contributed by atoms with E-state index in [2.05, 4.69) is 20.7 Å². The first kappa shape index (κ1) is 41.0. The Hall–Kier alpha value is -5.04. The summed E-state index contributed by atoms with van der Waals surface area (Å²) in [6.45, 7) is 8.96. The molecule has 0 amide bonds. The van der Waals surface area contributed by atoms with E-state index in [1.807, 2.05) is 19.9 Å². The number of aliphatic hydroxyl groups is 1. The van der Waals surface area contributed by atoms with Crippen LogP contribution in [0.5, 0.6) is 34.5 Å². The monoisotopic (exact) mass is 670 g/mol. The number of ketones is 1. The predicted octanol–water partition coefficient (Wildman–Crippen LogP) is 7.85. The van der Waals surface area contributed by atoms with Crippen LogP contribution < -0.4 is 15.4 Å². The summed E-state index contributed by atoms with van der Waals surface area (Å²) in [6, 6.07) is 18.5. The molecule has 0 bridgehead atoms. The maximum atomic E-state index is 14.1. The van der Waals surface area contributed by atoms with Crippen LogP contribution >= 0.6 is 0 Å². The minimum atomic E-state index is -0.642. The third-order valence-corrected chi connectivity index (χ3v) is 6.22. The zero-order chi connectivity index (χ0) is 36.2. The van der Waals surface area contributed by atoms with Gasteiger partial charge in [0.2, 0.25) is 0 Å². The highest BCUT2D eigenvalue weighted by Crippen LogP contribution is 2.34. The summed E-state index contributed by atoms with van der Waals surface area (Å²) in [6.07, 6.45) is 1.59. The number of halogens is 2. The average molecular weight is 671 g/mol. The predicted molar refractivity (Wildman–Crippen MR) is 181 cm³/mol. The van der Waals surface area contributed by atoms with E-state index in [1.165, 1.54) is 45.4 Å². The average Bonchev–Trinajstić information content (AvgIpc) is 3.05. The van der Waals surface area contributed by atoms with Crippen LogP contribution in [-0.4, -0.2) is 47.6 Å². The van der Waals surface area contributed by atoms with E-state index >= 15 is 0 Å². The third-order valence-electron chi connectivity index (χ3n) is 6.22. The first-order valence-corrected chi connectivity index (χ1v) is 14.9. The summed E-state index contributed by atoms with van der Waals surface area (Å²) in [5.74, 6) is 3.29. The molecular weight excluding hydrogens is 626 g/mol. The van der Waals surface area contributed by atoms with Gasteiger partial charge in [-0.15, -0.1) is 0 Å². The second kappa shape index (κ2) is 21.7. The number of ether oxygens (including phenoxy) is 2. The second-order valence-corrected chi connectivity index (χ2v) is 9.77. The van der Waals surface area contributed by atoms with E-state index in [1.54, 1.807) is 50.2 Å². The summed E-state index contributed by atoms with van der Waals surface area (Å²) >= 11 is 0. The standard InChI is InChI=1S/C17H18FNO3.C16H15FO3.C2H6O.CH5NO/c1-4-12-5-7-17(15(20)9-12)22-16-8-6-13(10-14(16)18)11(2)19-21-3;1-3-11-4-6-16(14(19)8-11)20-15-7-5-12(10(2)18)9-13(15)17;1-2-3;1-3-2/h5-10,20H,4H2,1-3H3;4-9,19H,3H2,1-2H3;3H,2H2,1H3;2H2,1H3. The molecule has 0 aliphatic rings. The summed E-state index contributed by atoms with van der Waals surface area (Å²) in [4.78, 5) is 19.6. The van der Waals surface area contributed by atoms with Crippen LogP contribution in [0, 0.1) is 11.6 Å². The van der Waals surface area contributed by atoms with Gasteiger partial charge in [0.1, 0.15) is 7.11 Å². The first-order chi connectivity index (χ1) is 22.9. The highest BCUT2D eigenvalue weighted by molar-refractivity contribution is 5.98. The van der Waals surface area contributed by atoms with Gasteiger partial charge in [-0.25, -0.2) is 14.7 Å². The van der Waals surface area contributed by atoms with Crippen LogP contribution in [0.25, 0.3) is 0 Å². The molecule has 0 aromatic heterocycles. The summed E-state index contributed by atoms with van der Waals surface area (Å²) in [7, 11) is 2.83. The number of nitrogens with two attached hydrogens (primary N) is 1. The van der Waals surface area contributed by atoms with Crippen LogP contribution in [0.2, 0.25) is 0 Å². The SMILES string of the molecule is CCO.CCc1ccc(Oc2ccc(C(C)=NOC)cc2F)c(O)c1.CCc1ccc(Oc2ccc(C(C)=O)cc2F)c(O)c1.CON. The van der Waals surface area contributed by atoms with Gasteiger partial charge in [0, 0.05) is 17.7 Å². The number of rotatable bonds is 9. The Morgan fingerprint density at radius 3 is 1.42 bits per heavy atom. The number of nitrogens with zero attached hydrogens (tertiary/aromatic N) is 1. The zero-order valence-electron chi connectivity index (χ0n) is 28.2. The lowest BCUT2D eigenvalue weighted by molar-refractivity contribution is 0.101. The molecule has 0 radical (unpaired) electrons. The van der Waals surface area contributed by atoms with Crippen LogP contribution in [0.3, 0.4) is 0 Å². The van der Waals surface area contributed by atoms with Crippen molar-refractivity contribution in [3.05, 3.63) is 107 Å². The number of hydrogen-bond acceptors (Lipinski definition) is 10. The minimum absolute atomic E-state index is 0.0139. The molecule has 4 rings (SSSR count). The molecule has 12 heteroatoms. The van der Waals surface area contributed by atoms with Gasteiger partial charge in [-0.3, -0.25) is 4.79 Å². The van der Waals surface area contributed by atoms with E-state index in [0.717, 1.165) is 30.0 Å². The van der Waals surface area contributed by atoms with E-state index < -0.39 is 11.6 Å². The summed E-state index contributed by atoms with van der Waals surface area (Å²) in [5.41, 5.74) is 3.37. The van der Waals surface area contributed by atoms with Crippen molar-refractivity contribution in [2.75, 3.05) is 20.8 Å². The molecule has 10 nitrogen and oxygen atoms in total. The Balaban J connectivity index is 0.000000414.